The van der Waals surface area contributed by atoms with Crippen molar-refractivity contribution in [1.82, 2.24) is 20.4 Å². The van der Waals surface area contributed by atoms with Crippen LogP contribution in [0.3, 0.4) is 0 Å². The molecule has 14 heteroatoms. The van der Waals surface area contributed by atoms with E-state index in [1.54, 1.807) is 12.1 Å². The first kappa shape index (κ1) is 35.1. The Morgan fingerprint density at radius 1 is 0.660 bits per heavy atom. The Bertz CT molecular complexity index is 1980. The fourth-order valence-corrected chi connectivity index (χ4v) is 5.73. The maximum absolute atomic E-state index is 12.6. The summed E-state index contributed by atoms with van der Waals surface area (Å²) < 4.78 is 0. The number of benzene rings is 2. The first-order valence-electron chi connectivity index (χ1n) is 15.8. The molecule has 2 aromatic carbocycles. The normalized spacial score (nSPS) is 19.3. The molecule has 0 radical (unpaired) electrons. The van der Waals surface area contributed by atoms with Gasteiger partial charge in [-0.1, -0.05) is 23.7 Å². The minimum absolute atomic E-state index is 0.0623. The zero-order valence-electron chi connectivity index (χ0n) is 26.6. The maximum Gasteiger partial charge on any atom is 0.262 e. The van der Waals surface area contributed by atoms with Crippen molar-refractivity contribution in [3.05, 3.63) is 69.8 Å². The van der Waals surface area contributed by atoms with Crippen LogP contribution in [0.5, 0.6) is 0 Å². The Morgan fingerprint density at radius 3 is 1.52 bits per heavy atom. The Kier molecular flexibility index (Phi) is 10.7. The highest BCUT2D eigenvalue weighted by atomic mass is 16.3. The molecule has 8 amide bonds. The van der Waals surface area contributed by atoms with Gasteiger partial charge in [0, 0.05) is 49.8 Å². The third-order valence-corrected chi connectivity index (χ3v) is 8.19. The molecule has 4 aliphatic heterocycles. The number of carbonyl (C=O) groups excluding carboxylic acids is 9. The van der Waals surface area contributed by atoms with E-state index in [4.69, 9.17) is 5.11 Å². The predicted molar refractivity (Wildman–Crippen MR) is 172 cm³/mol. The van der Waals surface area contributed by atoms with E-state index in [1.165, 1.54) is 24.3 Å². The van der Waals surface area contributed by atoms with Crippen LogP contribution >= 0.6 is 0 Å². The van der Waals surface area contributed by atoms with Gasteiger partial charge < -0.3 is 9.90 Å². The summed E-state index contributed by atoms with van der Waals surface area (Å²) in [5.74, 6) is 7.15. The third-order valence-electron chi connectivity index (χ3n) is 8.19. The molecule has 2 saturated heterocycles. The average Bonchev–Trinajstić information content (AvgIpc) is 3.49. The second kappa shape index (κ2) is 15.3. The molecule has 0 spiro atoms. The molecule has 2 fully saturated rings. The molecule has 3 N–H and O–H groups in total. The van der Waals surface area contributed by atoms with Gasteiger partial charge in [0.25, 0.3) is 23.6 Å². The predicted octanol–water partition coefficient (Wildman–Crippen LogP) is 0.630. The molecule has 2 aromatic rings. The van der Waals surface area contributed by atoms with Crippen LogP contribution in [0.4, 0.5) is 0 Å². The summed E-state index contributed by atoms with van der Waals surface area (Å²) in [6.45, 7) is 0.0623. The Balaban J connectivity index is 0.000000194. The topological polar surface area (TPSA) is 204 Å². The van der Waals surface area contributed by atoms with E-state index in [0.717, 1.165) is 16.1 Å². The highest BCUT2D eigenvalue weighted by molar-refractivity contribution is 6.24. The van der Waals surface area contributed by atoms with Crippen LogP contribution in [0.1, 0.15) is 104 Å². The van der Waals surface area contributed by atoms with Gasteiger partial charge in [-0.25, -0.2) is 0 Å². The van der Waals surface area contributed by atoms with Crippen LogP contribution in [0.2, 0.25) is 0 Å². The van der Waals surface area contributed by atoms with Crippen molar-refractivity contribution >= 4 is 53.5 Å². The Hall–Kier alpha value is -6.25. The number of rotatable bonds is 6. The summed E-state index contributed by atoms with van der Waals surface area (Å²) in [5.41, 5.74) is 1.99. The fraction of sp³-hybridized carbons (Fsp3) is 0.306. The number of aliphatic hydroxyl groups excluding tert-OH is 1. The van der Waals surface area contributed by atoms with Gasteiger partial charge in [-0.05, 0) is 55.7 Å². The zero-order valence-corrected chi connectivity index (χ0v) is 26.6. The lowest BCUT2D eigenvalue weighted by molar-refractivity contribution is -0.137. The zero-order chi connectivity index (χ0) is 35.9. The highest BCUT2D eigenvalue weighted by Gasteiger charge is 2.46. The van der Waals surface area contributed by atoms with Crippen LogP contribution < -0.4 is 10.6 Å². The Labute approximate surface area is 285 Å². The number of hydrogen-bond acceptors (Lipinski definition) is 10. The summed E-state index contributed by atoms with van der Waals surface area (Å²) in [7, 11) is 0. The molecular weight excluding hydrogens is 648 g/mol. The molecule has 0 saturated carbocycles. The maximum atomic E-state index is 12.6. The number of hydrogen-bond donors (Lipinski definition) is 3. The van der Waals surface area contributed by atoms with Crippen molar-refractivity contribution in [1.29, 1.82) is 0 Å². The summed E-state index contributed by atoms with van der Waals surface area (Å²) in [4.78, 5) is 109. The first-order chi connectivity index (χ1) is 24.0. The van der Waals surface area contributed by atoms with Gasteiger partial charge in [0.15, 0.2) is 0 Å². The number of aliphatic hydroxyl groups is 1. The number of unbranched alkanes of at least 4 members (excludes halogenated alkanes) is 2. The van der Waals surface area contributed by atoms with Gasteiger partial charge in [0.05, 0.1) is 22.3 Å². The standard InChI is InChI=1S/C18H16N2O5.C18H14N2O5/c2*21-9-3-1-2-4-11-5-6-12-13(10-11)18(25)20(17(12)24)14-7-8-15(22)19-16(14)23/h5-6,10,14,21H,1,3,7-9H2,(H,19,22,23);5-6,9-10,14H,1,3,7-8H2,(H,19,22,23). The molecule has 4 heterocycles. The van der Waals surface area contributed by atoms with E-state index in [1.807, 2.05) is 0 Å². The summed E-state index contributed by atoms with van der Waals surface area (Å²) >= 11 is 0. The van der Waals surface area contributed by atoms with Crippen molar-refractivity contribution in [2.75, 3.05) is 6.61 Å². The monoisotopic (exact) mass is 678 g/mol. The van der Waals surface area contributed by atoms with Crippen LogP contribution in [0.15, 0.2) is 36.4 Å². The van der Waals surface area contributed by atoms with Crippen molar-refractivity contribution in [2.24, 2.45) is 0 Å². The summed E-state index contributed by atoms with van der Waals surface area (Å²) in [6, 6.07) is 7.39. The minimum atomic E-state index is -0.979. The smallest absolute Gasteiger partial charge is 0.262 e. The molecule has 0 bridgehead atoms. The van der Waals surface area contributed by atoms with E-state index < -0.39 is 59.3 Å². The van der Waals surface area contributed by atoms with E-state index in [-0.39, 0.29) is 54.5 Å². The number of fused-ring (bicyclic) bond motifs is 2. The SMILES string of the molecule is O=C1CCC(N2C(=O)c3ccc(C#CCCCO)cc3C2=O)C(=O)N1.O=CCCC#Cc1ccc2c(c1)C(=O)N(C1CCC(=O)NC1=O)C2=O. The number of aldehydes is 1. The molecule has 0 aliphatic carbocycles. The van der Waals surface area contributed by atoms with E-state index >= 15 is 0 Å². The molecule has 14 nitrogen and oxygen atoms in total. The number of carbonyl (C=O) groups is 9. The number of nitrogens with zero attached hydrogens (tertiary/aromatic N) is 2. The van der Waals surface area contributed by atoms with Crippen molar-refractivity contribution in [3.63, 3.8) is 0 Å². The second-order valence-electron chi connectivity index (χ2n) is 11.6. The van der Waals surface area contributed by atoms with E-state index in [9.17, 15) is 43.2 Å². The minimum Gasteiger partial charge on any atom is -0.396 e. The summed E-state index contributed by atoms with van der Waals surface area (Å²) in [5, 5.41) is 13.0. The lowest BCUT2D eigenvalue weighted by Crippen LogP contribution is -2.54. The van der Waals surface area contributed by atoms with Crippen LogP contribution in [0.25, 0.3) is 0 Å². The Morgan fingerprint density at radius 2 is 1.10 bits per heavy atom. The van der Waals surface area contributed by atoms with Crippen LogP contribution in [-0.2, 0) is 24.0 Å². The van der Waals surface area contributed by atoms with Crippen molar-refractivity contribution in [2.45, 2.75) is 63.5 Å². The number of piperidine rings is 2. The average molecular weight is 679 g/mol. The molecular formula is C36H30N4O10. The lowest BCUT2D eigenvalue weighted by Gasteiger charge is -2.27. The van der Waals surface area contributed by atoms with E-state index in [0.29, 0.717) is 36.8 Å². The molecule has 0 aromatic heterocycles. The molecule has 2 unspecified atom stereocenters. The van der Waals surface area contributed by atoms with E-state index in [2.05, 4.69) is 34.3 Å². The second-order valence-corrected chi connectivity index (χ2v) is 11.6. The largest absolute Gasteiger partial charge is 0.396 e. The van der Waals surface area contributed by atoms with Gasteiger partial charge >= 0.3 is 0 Å². The highest BCUT2D eigenvalue weighted by Crippen LogP contribution is 2.29. The summed E-state index contributed by atoms with van der Waals surface area (Å²) in [6.07, 6.45) is 3.04. The molecule has 254 valence electrons. The molecule has 2 atom stereocenters. The molecule has 50 heavy (non-hydrogen) atoms. The number of amides is 8. The van der Waals surface area contributed by atoms with Gasteiger partial charge in [0.1, 0.15) is 18.4 Å². The van der Waals surface area contributed by atoms with Gasteiger partial charge in [-0.3, -0.25) is 58.8 Å². The lowest BCUT2D eigenvalue weighted by atomic mass is 10.0. The quantitative estimate of drug-likeness (QED) is 0.168. The van der Waals surface area contributed by atoms with Gasteiger partial charge in [-0.15, -0.1) is 0 Å². The van der Waals surface area contributed by atoms with Gasteiger partial charge in [-0.2, -0.15) is 0 Å². The van der Waals surface area contributed by atoms with Crippen LogP contribution in [-0.4, -0.2) is 87.1 Å². The number of imide groups is 4. The number of nitrogens with one attached hydrogen (secondary N) is 2. The van der Waals surface area contributed by atoms with Gasteiger partial charge in [0.2, 0.25) is 23.6 Å². The first-order valence-corrected chi connectivity index (χ1v) is 15.8. The fourth-order valence-electron chi connectivity index (χ4n) is 5.73. The van der Waals surface area contributed by atoms with Crippen molar-refractivity contribution in [3.8, 4) is 23.7 Å². The molecule has 4 aliphatic rings. The molecule has 6 rings (SSSR count). The third kappa shape index (κ3) is 7.26. The van der Waals surface area contributed by atoms with Crippen LogP contribution in [0, 0.1) is 23.7 Å². The van der Waals surface area contributed by atoms with Crippen molar-refractivity contribution < 1.29 is 48.3 Å².